The third kappa shape index (κ3) is 6.35. The van der Waals surface area contributed by atoms with Gasteiger partial charge in [0.25, 0.3) is 5.91 Å². The molecule has 3 aromatic rings. The first kappa shape index (κ1) is 25.0. The summed E-state index contributed by atoms with van der Waals surface area (Å²) in [6.07, 6.45) is 3.33. The first-order valence-electron chi connectivity index (χ1n) is 12.8. The van der Waals surface area contributed by atoms with Crippen LogP contribution in [0.1, 0.15) is 47.2 Å². The van der Waals surface area contributed by atoms with Gasteiger partial charge in [-0.15, -0.1) is 0 Å². The molecule has 0 aromatic heterocycles. The minimum absolute atomic E-state index is 0.0150. The molecule has 0 unspecified atom stereocenters. The van der Waals surface area contributed by atoms with Crippen LogP contribution in [-0.2, 0) is 22.7 Å². The molecule has 37 heavy (non-hydrogen) atoms. The quantitative estimate of drug-likeness (QED) is 0.396. The molecule has 6 nitrogen and oxygen atoms in total. The highest BCUT2D eigenvalue weighted by atomic mass is 19.1. The second kappa shape index (κ2) is 11.6. The summed E-state index contributed by atoms with van der Waals surface area (Å²) in [5.74, 6) is 0.397. The first-order chi connectivity index (χ1) is 18.0. The van der Waals surface area contributed by atoms with Gasteiger partial charge in [-0.05, 0) is 72.9 Å². The van der Waals surface area contributed by atoms with Gasteiger partial charge >= 0.3 is 0 Å². The van der Waals surface area contributed by atoms with Gasteiger partial charge in [-0.3, -0.25) is 9.59 Å². The largest absolute Gasteiger partial charge is 0.489 e. The Bertz CT molecular complexity index is 1240. The van der Waals surface area contributed by atoms with E-state index in [1.165, 1.54) is 12.1 Å². The van der Waals surface area contributed by atoms with E-state index in [2.05, 4.69) is 0 Å². The Labute approximate surface area is 216 Å². The summed E-state index contributed by atoms with van der Waals surface area (Å²) in [7, 11) is 0. The second-order valence-corrected chi connectivity index (χ2v) is 9.58. The lowest BCUT2D eigenvalue weighted by molar-refractivity contribution is -0.117. The van der Waals surface area contributed by atoms with Crippen molar-refractivity contribution < 1.29 is 23.5 Å². The Kier molecular flexibility index (Phi) is 7.80. The average molecular weight is 503 g/mol. The summed E-state index contributed by atoms with van der Waals surface area (Å²) in [5, 5.41) is 0. The van der Waals surface area contributed by atoms with Crippen molar-refractivity contribution in [3.05, 3.63) is 95.3 Å². The van der Waals surface area contributed by atoms with Crippen molar-refractivity contribution in [2.45, 2.75) is 44.9 Å². The van der Waals surface area contributed by atoms with Crippen LogP contribution in [-0.4, -0.2) is 42.5 Å². The van der Waals surface area contributed by atoms with Gasteiger partial charge in [0.1, 0.15) is 18.2 Å². The molecular formula is C30H31FN2O4. The minimum atomic E-state index is -0.287. The Morgan fingerprint density at radius 3 is 2.59 bits per heavy atom. The zero-order valence-electron chi connectivity index (χ0n) is 20.8. The molecule has 2 saturated heterocycles. The topological polar surface area (TPSA) is 59.1 Å². The van der Waals surface area contributed by atoms with Crippen LogP contribution >= 0.6 is 0 Å². The monoisotopic (exact) mass is 502 g/mol. The number of nitrogens with zero attached hydrogens (tertiary/aromatic N) is 2. The molecule has 0 spiro atoms. The summed E-state index contributed by atoms with van der Waals surface area (Å²) >= 11 is 0. The van der Waals surface area contributed by atoms with E-state index in [0.29, 0.717) is 37.4 Å². The van der Waals surface area contributed by atoms with E-state index < -0.39 is 0 Å². The maximum atomic E-state index is 13.7. The van der Waals surface area contributed by atoms with E-state index in [1.54, 1.807) is 17.0 Å². The van der Waals surface area contributed by atoms with Crippen LogP contribution in [0.3, 0.4) is 0 Å². The average Bonchev–Trinajstić information content (AvgIpc) is 3.59. The van der Waals surface area contributed by atoms with Crippen molar-refractivity contribution in [1.29, 1.82) is 0 Å². The third-order valence-electron chi connectivity index (χ3n) is 6.80. The van der Waals surface area contributed by atoms with Crippen LogP contribution < -0.4 is 9.64 Å². The van der Waals surface area contributed by atoms with Gasteiger partial charge in [0.05, 0.1) is 6.10 Å². The zero-order valence-corrected chi connectivity index (χ0v) is 20.8. The van der Waals surface area contributed by atoms with Gasteiger partial charge in [0.15, 0.2) is 0 Å². The highest BCUT2D eigenvalue weighted by molar-refractivity contribution is 5.99. The van der Waals surface area contributed by atoms with Gasteiger partial charge < -0.3 is 19.3 Å². The van der Waals surface area contributed by atoms with E-state index in [1.807, 2.05) is 53.4 Å². The maximum absolute atomic E-state index is 13.7. The van der Waals surface area contributed by atoms with Crippen LogP contribution in [0.4, 0.5) is 10.1 Å². The first-order valence-corrected chi connectivity index (χ1v) is 12.8. The molecule has 2 heterocycles. The number of halogens is 1. The van der Waals surface area contributed by atoms with Crippen molar-refractivity contribution in [2.24, 2.45) is 0 Å². The summed E-state index contributed by atoms with van der Waals surface area (Å²) in [5.41, 5.74) is 3.06. The summed E-state index contributed by atoms with van der Waals surface area (Å²) in [4.78, 5) is 29.4. The third-order valence-corrected chi connectivity index (χ3v) is 6.80. The van der Waals surface area contributed by atoms with Crippen molar-refractivity contribution in [1.82, 2.24) is 4.90 Å². The summed E-state index contributed by atoms with van der Waals surface area (Å²) < 4.78 is 25.0. The van der Waals surface area contributed by atoms with Crippen LogP contribution in [0.15, 0.2) is 72.8 Å². The van der Waals surface area contributed by atoms with E-state index >= 15 is 0 Å². The number of anilines is 1. The smallest absolute Gasteiger partial charge is 0.254 e. The Morgan fingerprint density at radius 1 is 1.03 bits per heavy atom. The molecule has 2 fully saturated rings. The second-order valence-electron chi connectivity index (χ2n) is 9.58. The fourth-order valence-corrected chi connectivity index (χ4v) is 4.87. The Balaban J connectivity index is 1.28. The van der Waals surface area contributed by atoms with Crippen molar-refractivity contribution >= 4 is 17.5 Å². The van der Waals surface area contributed by atoms with Gasteiger partial charge in [0, 0.05) is 43.9 Å². The number of ether oxygens (including phenoxy) is 2. The summed E-state index contributed by atoms with van der Waals surface area (Å²) in [6.45, 7) is 2.61. The highest BCUT2D eigenvalue weighted by Crippen LogP contribution is 2.24. The fourth-order valence-electron chi connectivity index (χ4n) is 4.87. The van der Waals surface area contributed by atoms with Crippen molar-refractivity contribution in [2.75, 3.05) is 24.6 Å². The minimum Gasteiger partial charge on any atom is -0.489 e. The zero-order chi connectivity index (χ0) is 25.6. The molecule has 2 aliphatic rings. The number of hydrogen-bond acceptors (Lipinski definition) is 4. The number of hydrogen-bond donors (Lipinski definition) is 0. The van der Waals surface area contributed by atoms with Crippen molar-refractivity contribution in [3.63, 3.8) is 0 Å². The van der Waals surface area contributed by atoms with E-state index in [0.717, 1.165) is 42.7 Å². The number of amides is 2. The van der Waals surface area contributed by atoms with Crippen LogP contribution in [0.2, 0.25) is 0 Å². The van der Waals surface area contributed by atoms with Gasteiger partial charge in [-0.2, -0.15) is 0 Å². The molecule has 0 N–H and O–H groups in total. The fraction of sp³-hybridized carbons (Fsp3) is 0.333. The van der Waals surface area contributed by atoms with E-state index in [-0.39, 0.29) is 30.3 Å². The molecule has 2 amide bonds. The van der Waals surface area contributed by atoms with Crippen molar-refractivity contribution in [3.8, 4) is 5.75 Å². The molecule has 0 aliphatic carbocycles. The summed E-state index contributed by atoms with van der Waals surface area (Å²) in [6, 6.07) is 21.3. The number of rotatable bonds is 9. The molecule has 0 bridgehead atoms. The molecule has 0 radical (unpaired) electrons. The molecule has 2 aliphatic heterocycles. The molecular weight excluding hydrogens is 471 g/mol. The normalized spacial score (nSPS) is 17.3. The number of carbonyl (C=O) groups is 2. The lowest BCUT2D eigenvalue weighted by atomic mass is 10.1. The van der Waals surface area contributed by atoms with Crippen LogP contribution in [0, 0.1) is 5.82 Å². The predicted molar refractivity (Wildman–Crippen MR) is 139 cm³/mol. The number of carbonyl (C=O) groups excluding carboxylic acids is 2. The molecule has 192 valence electrons. The molecule has 0 saturated carbocycles. The van der Waals surface area contributed by atoms with Gasteiger partial charge in [-0.25, -0.2) is 4.39 Å². The van der Waals surface area contributed by atoms with Crippen LogP contribution in [0.25, 0.3) is 0 Å². The molecule has 7 heteroatoms. The predicted octanol–water partition coefficient (Wildman–Crippen LogP) is 5.35. The Hall–Kier alpha value is -3.71. The lowest BCUT2D eigenvalue weighted by Gasteiger charge is -2.26. The van der Waals surface area contributed by atoms with Crippen LogP contribution in [0.5, 0.6) is 5.75 Å². The highest BCUT2D eigenvalue weighted by Gasteiger charge is 2.26. The van der Waals surface area contributed by atoms with Gasteiger partial charge in [0.2, 0.25) is 5.91 Å². The SMILES string of the molecule is O=C(c1cccc(N2CCCC2=O)c1)N(Cc1ccc(OCc2cccc(F)c2)cc1)C[C@H]1CCCO1. The van der Waals surface area contributed by atoms with E-state index in [4.69, 9.17) is 9.47 Å². The lowest BCUT2D eigenvalue weighted by Crippen LogP contribution is -2.37. The molecule has 5 rings (SSSR count). The molecule has 1 atom stereocenters. The molecule has 3 aromatic carbocycles. The Morgan fingerprint density at radius 2 is 1.86 bits per heavy atom. The van der Waals surface area contributed by atoms with Gasteiger partial charge in [-0.1, -0.05) is 30.3 Å². The van der Waals surface area contributed by atoms with E-state index in [9.17, 15) is 14.0 Å². The standard InChI is InChI=1S/C30H31FN2O4/c31-25-7-1-5-23(17-25)21-37-27-13-11-22(12-14-27)19-32(20-28-9-4-16-36-28)30(35)24-6-2-8-26(18-24)33-15-3-10-29(33)34/h1-2,5-8,11-14,17-18,28H,3-4,9-10,15-16,19-21H2/t28-/m1/s1. The number of benzene rings is 3. The maximum Gasteiger partial charge on any atom is 0.254 e.